The molecule has 1 N–H and O–H groups in total. The highest BCUT2D eigenvalue weighted by Crippen LogP contribution is 2.22. The highest BCUT2D eigenvalue weighted by Gasteiger charge is 2.40. The molecule has 0 bridgehead atoms. The summed E-state index contributed by atoms with van der Waals surface area (Å²) in [6.07, 6.45) is -2.75. The minimum Gasteiger partial charge on any atom is -0.345 e. The maximum atomic E-state index is 12.0. The molecule has 0 amide bonds. The number of ketones is 1. The summed E-state index contributed by atoms with van der Waals surface area (Å²) in [4.78, 5) is 14.5. The van der Waals surface area contributed by atoms with Crippen molar-refractivity contribution < 1.29 is 18.0 Å². The van der Waals surface area contributed by atoms with E-state index in [-0.39, 0.29) is 0 Å². The van der Waals surface area contributed by atoms with E-state index in [1.165, 1.54) is 6.20 Å². The molecule has 1 aromatic heterocycles. The predicted octanol–water partition coefficient (Wildman–Crippen LogP) is 3.01. The second kappa shape index (κ2) is 5.18. The van der Waals surface area contributed by atoms with Gasteiger partial charge in [0, 0.05) is 12.4 Å². The first kappa shape index (κ1) is 13.5. The van der Waals surface area contributed by atoms with Crippen molar-refractivity contribution in [2.45, 2.75) is 13.1 Å². The molecular weight excluding hydrogens is 257 g/mol. The van der Waals surface area contributed by atoms with Crippen LogP contribution in [0.25, 0.3) is 0 Å². The number of aromatic nitrogens is 1. The van der Waals surface area contributed by atoms with Crippen molar-refractivity contribution in [3.63, 3.8) is 0 Å². The molecule has 17 heavy (non-hydrogen) atoms. The first-order valence-electron chi connectivity index (χ1n) is 4.47. The lowest BCUT2D eigenvalue weighted by Crippen LogP contribution is -2.23. The van der Waals surface area contributed by atoms with Crippen LogP contribution in [0.2, 0.25) is 0 Å². The number of carbonyl (C=O) groups excluding carboxylic acids is 1. The Kier molecular flexibility index (Phi) is 4.11. The van der Waals surface area contributed by atoms with E-state index >= 15 is 0 Å². The standard InChI is InChI=1S/C10H8ClF3N2O/c1-6-3-2-4-15-9(6)16-5-7(11)8(17)10(12,13)14/h2-5H,1H3,(H,15,16). The molecule has 0 aliphatic rings. The van der Waals surface area contributed by atoms with Crippen molar-refractivity contribution in [2.75, 3.05) is 5.32 Å². The summed E-state index contributed by atoms with van der Waals surface area (Å²) in [5.74, 6) is -1.76. The number of aryl methyl sites for hydroxylation is 1. The minimum atomic E-state index is -4.98. The summed E-state index contributed by atoms with van der Waals surface area (Å²) in [5.41, 5.74) is 0.715. The number of nitrogens with zero attached hydrogens (tertiary/aromatic N) is 1. The van der Waals surface area contributed by atoms with Gasteiger partial charge in [-0.15, -0.1) is 0 Å². The Hall–Kier alpha value is -1.56. The van der Waals surface area contributed by atoms with E-state index in [0.717, 1.165) is 6.20 Å². The van der Waals surface area contributed by atoms with Gasteiger partial charge in [-0.3, -0.25) is 4.79 Å². The number of nitrogens with one attached hydrogen (secondary N) is 1. The van der Waals surface area contributed by atoms with Crippen LogP contribution in [0.4, 0.5) is 19.0 Å². The number of pyridine rings is 1. The van der Waals surface area contributed by atoms with Crippen LogP contribution in [0.3, 0.4) is 0 Å². The fourth-order valence-electron chi connectivity index (χ4n) is 0.969. The molecule has 1 aromatic rings. The smallest absolute Gasteiger partial charge is 0.345 e. The Bertz CT molecular complexity index is 457. The zero-order valence-electron chi connectivity index (χ0n) is 8.68. The topological polar surface area (TPSA) is 42.0 Å². The number of rotatable bonds is 3. The van der Waals surface area contributed by atoms with Gasteiger partial charge in [0.15, 0.2) is 0 Å². The van der Waals surface area contributed by atoms with E-state index in [2.05, 4.69) is 10.3 Å². The van der Waals surface area contributed by atoms with Crippen LogP contribution in [-0.2, 0) is 4.79 Å². The summed E-state index contributed by atoms with van der Waals surface area (Å²) in [6.45, 7) is 1.71. The zero-order valence-corrected chi connectivity index (χ0v) is 9.43. The van der Waals surface area contributed by atoms with Crippen molar-refractivity contribution in [3.8, 4) is 0 Å². The van der Waals surface area contributed by atoms with Gasteiger partial charge in [0.25, 0.3) is 5.78 Å². The molecule has 0 saturated carbocycles. The summed E-state index contributed by atoms with van der Waals surface area (Å²) >= 11 is 5.22. The summed E-state index contributed by atoms with van der Waals surface area (Å²) < 4.78 is 36.0. The van der Waals surface area contributed by atoms with Gasteiger partial charge in [-0.05, 0) is 18.6 Å². The van der Waals surface area contributed by atoms with Crippen molar-refractivity contribution in [1.82, 2.24) is 4.98 Å². The third-order valence-corrected chi connectivity index (χ3v) is 2.10. The number of hydrogen-bond acceptors (Lipinski definition) is 3. The third kappa shape index (κ3) is 3.74. The monoisotopic (exact) mass is 264 g/mol. The van der Waals surface area contributed by atoms with Gasteiger partial charge in [0.2, 0.25) is 0 Å². The molecule has 1 heterocycles. The molecule has 0 saturated heterocycles. The first-order valence-corrected chi connectivity index (χ1v) is 4.85. The lowest BCUT2D eigenvalue weighted by Gasteiger charge is -2.05. The normalized spacial score (nSPS) is 12.4. The molecule has 1 rings (SSSR count). The average molecular weight is 265 g/mol. The fourth-order valence-corrected chi connectivity index (χ4v) is 1.13. The molecule has 0 fully saturated rings. The highest BCUT2D eigenvalue weighted by atomic mass is 35.5. The minimum absolute atomic E-state index is 0.334. The lowest BCUT2D eigenvalue weighted by molar-refractivity contribution is -0.165. The second-order valence-electron chi connectivity index (χ2n) is 3.13. The molecule has 0 aliphatic carbocycles. The quantitative estimate of drug-likeness (QED) is 0.854. The molecule has 92 valence electrons. The van der Waals surface area contributed by atoms with Crippen molar-refractivity contribution in [1.29, 1.82) is 0 Å². The van der Waals surface area contributed by atoms with E-state index in [0.29, 0.717) is 11.4 Å². The van der Waals surface area contributed by atoms with Gasteiger partial charge >= 0.3 is 6.18 Å². The van der Waals surface area contributed by atoms with Gasteiger partial charge < -0.3 is 5.32 Å². The zero-order chi connectivity index (χ0) is 13.1. The van der Waals surface area contributed by atoms with Gasteiger partial charge in [-0.25, -0.2) is 4.98 Å². The fraction of sp³-hybridized carbons (Fsp3) is 0.200. The molecule has 0 aromatic carbocycles. The number of Topliss-reactive ketones (excluding diaryl/α,β-unsaturated/α-hetero) is 1. The van der Waals surface area contributed by atoms with Crippen LogP contribution < -0.4 is 5.32 Å². The first-order chi connectivity index (χ1) is 7.82. The Balaban J connectivity index is 2.79. The maximum Gasteiger partial charge on any atom is 0.455 e. The maximum absolute atomic E-state index is 12.0. The second-order valence-corrected chi connectivity index (χ2v) is 3.54. The molecular formula is C10H8ClF3N2O. The van der Waals surface area contributed by atoms with E-state index in [4.69, 9.17) is 11.6 Å². The number of anilines is 1. The van der Waals surface area contributed by atoms with E-state index in [9.17, 15) is 18.0 Å². The number of alkyl halides is 3. The molecule has 0 aliphatic heterocycles. The Morgan fingerprint density at radius 1 is 1.53 bits per heavy atom. The largest absolute Gasteiger partial charge is 0.455 e. The SMILES string of the molecule is Cc1cccnc1NC=C(Cl)C(=O)C(F)(F)F. The summed E-state index contributed by atoms with van der Waals surface area (Å²) in [6, 6.07) is 3.38. The van der Waals surface area contributed by atoms with Crippen molar-refractivity contribution in [2.24, 2.45) is 0 Å². The molecule has 3 nitrogen and oxygen atoms in total. The van der Waals surface area contributed by atoms with Crippen LogP contribution in [0.1, 0.15) is 5.56 Å². The lowest BCUT2D eigenvalue weighted by atomic mass is 10.3. The van der Waals surface area contributed by atoms with Crippen LogP contribution in [-0.4, -0.2) is 16.9 Å². The van der Waals surface area contributed by atoms with Crippen LogP contribution in [0.15, 0.2) is 29.6 Å². The van der Waals surface area contributed by atoms with Gasteiger partial charge in [-0.1, -0.05) is 17.7 Å². The summed E-state index contributed by atoms with van der Waals surface area (Å²) in [5, 5.41) is 1.50. The van der Waals surface area contributed by atoms with E-state index < -0.39 is 17.0 Å². The number of allylic oxidation sites excluding steroid dienone is 1. The van der Waals surface area contributed by atoms with Gasteiger partial charge in [0.1, 0.15) is 10.9 Å². The van der Waals surface area contributed by atoms with Gasteiger partial charge in [-0.2, -0.15) is 13.2 Å². The van der Waals surface area contributed by atoms with Gasteiger partial charge in [0.05, 0.1) is 0 Å². The molecule has 0 radical (unpaired) electrons. The molecule has 0 spiro atoms. The van der Waals surface area contributed by atoms with Crippen molar-refractivity contribution >= 4 is 23.2 Å². The number of halogens is 4. The Labute approximate surface area is 100 Å². The number of carbonyl (C=O) groups is 1. The Morgan fingerprint density at radius 3 is 2.71 bits per heavy atom. The summed E-state index contributed by atoms with van der Waals surface area (Å²) in [7, 11) is 0. The van der Waals surface area contributed by atoms with Crippen LogP contribution in [0, 0.1) is 6.92 Å². The highest BCUT2D eigenvalue weighted by molar-refractivity contribution is 6.43. The van der Waals surface area contributed by atoms with E-state index in [1.54, 1.807) is 19.1 Å². The van der Waals surface area contributed by atoms with Crippen LogP contribution >= 0.6 is 11.6 Å². The predicted molar refractivity (Wildman–Crippen MR) is 57.6 cm³/mol. The number of hydrogen-bond donors (Lipinski definition) is 1. The van der Waals surface area contributed by atoms with E-state index in [1.807, 2.05) is 0 Å². The average Bonchev–Trinajstić information content (AvgIpc) is 2.25. The van der Waals surface area contributed by atoms with Crippen LogP contribution in [0.5, 0.6) is 0 Å². The Morgan fingerprint density at radius 2 is 2.18 bits per heavy atom. The third-order valence-electron chi connectivity index (χ3n) is 1.82. The van der Waals surface area contributed by atoms with Crippen molar-refractivity contribution in [3.05, 3.63) is 35.1 Å². The molecule has 7 heteroatoms. The molecule has 0 unspecified atom stereocenters. The molecule has 0 atom stereocenters.